The summed E-state index contributed by atoms with van der Waals surface area (Å²) in [6.07, 6.45) is 2.57. The fourth-order valence-corrected chi connectivity index (χ4v) is 4.16. The van der Waals surface area contributed by atoms with E-state index in [1.807, 2.05) is 6.92 Å². The molecule has 2 aromatic rings. The molecule has 1 aliphatic rings. The summed E-state index contributed by atoms with van der Waals surface area (Å²) >= 11 is 3.08. The minimum absolute atomic E-state index is 0.577. The van der Waals surface area contributed by atoms with Crippen LogP contribution in [0.3, 0.4) is 0 Å². The van der Waals surface area contributed by atoms with Gasteiger partial charge in [0.25, 0.3) is 0 Å². The van der Waals surface area contributed by atoms with Crippen molar-refractivity contribution in [2.75, 3.05) is 37.7 Å². The molecule has 114 valence electrons. The molecule has 7 heteroatoms. The van der Waals surface area contributed by atoms with Crippen LogP contribution in [0, 0.1) is 12.8 Å². The van der Waals surface area contributed by atoms with Crippen molar-refractivity contribution in [2.45, 2.75) is 19.8 Å². The van der Waals surface area contributed by atoms with E-state index < -0.39 is 0 Å². The van der Waals surface area contributed by atoms with Crippen LogP contribution < -0.4 is 11.1 Å². The van der Waals surface area contributed by atoms with Crippen molar-refractivity contribution in [3.63, 3.8) is 0 Å². The lowest BCUT2D eigenvalue weighted by Gasteiger charge is -2.29. The Balaban J connectivity index is 1.71. The van der Waals surface area contributed by atoms with Crippen LogP contribution in [0.15, 0.2) is 5.38 Å². The number of hydrogen-bond donors (Lipinski definition) is 2. The van der Waals surface area contributed by atoms with Gasteiger partial charge in [-0.2, -0.15) is 4.37 Å². The number of thiazole rings is 1. The van der Waals surface area contributed by atoms with Crippen molar-refractivity contribution >= 4 is 33.7 Å². The van der Waals surface area contributed by atoms with Crippen LogP contribution in [-0.4, -0.2) is 40.9 Å². The van der Waals surface area contributed by atoms with Gasteiger partial charge >= 0.3 is 0 Å². The maximum absolute atomic E-state index is 6.03. The number of aromatic nitrogens is 2. The van der Waals surface area contributed by atoms with E-state index >= 15 is 0 Å². The van der Waals surface area contributed by atoms with Crippen molar-refractivity contribution in [1.29, 1.82) is 0 Å². The van der Waals surface area contributed by atoms with E-state index in [-0.39, 0.29) is 0 Å². The first-order chi connectivity index (χ1) is 10.1. The number of hydrogen-bond acceptors (Lipinski definition) is 7. The SMILES string of the molecule is Cc1nc(-c2c(N)nsc2NCC2CCCN(C)C2)cs1. The molecule has 0 spiro atoms. The van der Waals surface area contributed by atoms with E-state index in [0.717, 1.165) is 34.4 Å². The van der Waals surface area contributed by atoms with E-state index in [9.17, 15) is 0 Å². The number of rotatable bonds is 4. The Labute approximate surface area is 133 Å². The van der Waals surface area contributed by atoms with Gasteiger partial charge in [-0.3, -0.25) is 0 Å². The molecule has 1 fully saturated rings. The minimum Gasteiger partial charge on any atom is -0.382 e. The van der Waals surface area contributed by atoms with Gasteiger partial charge in [0.2, 0.25) is 0 Å². The van der Waals surface area contributed by atoms with Crippen LogP contribution in [0.5, 0.6) is 0 Å². The van der Waals surface area contributed by atoms with E-state index in [2.05, 4.69) is 32.0 Å². The first-order valence-corrected chi connectivity index (χ1v) is 8.89. The molecular formula is C14H21N5S2. The average Bonchev–Trinajstić information content (AvgIpc) is 3.02. The highest BCUT2D eigenvalue weighted by molar-refractivity contribution is 7.11. The normalized spacial score (nSPS) is 19.8. The number of aryl methyl sites for hydroxylation is 1. The number of likely N-dealkylation sites (tertiary alicyclic amines) is 1. The first-order valence-electron chi connectivity index (χ1n) is 7.23. The van der Waals surface area contributed by atoms with Crippen molar-refractivity contribution in [3.8, 4) is 11.3 Å². The molecule has 3 heterocycles. The molecular weight excluding hydrogens is 302 g/mol. The minimum atomic E-state index is 0.577. The molecule has 1 atom stereocenters. The lowest BCUT2D eigenvalue weighted by Crippen LogP contribution is -2.35. The van der Waals surface area contributed by atoms with E-state index in [1.165, 1.54) is 30.9 Å². The lowest BCUT2D eigenvalue weighted by molar-refractivity contribution is 0.217. The van der Waals surface area contributed by atoms with Crippen LogP contribution in [-0.2, 0) is 0 Å². The molecule has 1 saturated heterocycles. The Morgan fingerprint density at radius 1 is 1.52 bits per heavy atom. The quantitative estimate of drug-likeness (QED) is 0.905. The third kappa shape index (κ3) is 3.36. The predicted molar refractivity (Wildman–Crippen MR) is 91.1 cm³/mol. The Kier molecular flexibility index (Phi) is 4.42. The third-order valence-electron chi connectivity index (χ3n) is 3.87. The second-order valence-corrected chi connectivity index (χ2v) is 7.51. The molecule has 0 amide bonds. The fraction of sp³-hybridized carbons (Fsp3) is 0.571. The molecule has 21 heavy (non-hydrogen) atoms. The van der Waals surface area contributed by atoms with Crippen molar-refractivity contribution in [2.24, 2.45) is 5.92 Å². The zero-order valence-electron chi connectivity index (χ0n) is 12.4. The molecule has 0 bridgehead atoms. The van der Waals surface area contributed by atoms with Crippen LogP contribution >= 0.6 is 22.9 Å². The maximum Gasteiger partial charge on any atom is 0.148 e. The zero-order valence-corrected chi connectivity index (χ0v) is 14.1. The Bertz CT molecular complexity index is 606. The topological polar surface area (TPSA) is 67.1 Å². The molecule has 1 unspecified atom stereocenters. The lowest BCUT2D eigenvalue weighted by atomic mass is 9.98. The molecule has 0 radical (unpaired) electrons. The monoisotopic (exact) mass is 323 g/mol. The highest BCUT2D eigenvalue weighted by atomic mass is 32.1. The number of anilines is 2. The highest BCUT2D eigenvalue weighted by Crippen LogP contribution is 2.37. The summed E-state index contributed by atoms with van der Waals surface area (Å²) in [5.74, 6) is 1.27. The average molecular weight is 323 g/mol. The van der Waals surface area contributed by atoms with Crippen molar-refractivity contribution in [3.05, 3.63) is 10.4 Å². The molecule has 2 aromatic heterocycles. The molecule has 3 N–H and O–H groups in total. The Morgan fingerprint density at radius 2 is 2.38 bits per heavy atom. The number of piperidine rings is 1. The number of nitrogen functional groups attached to an aromatic ring is 1. The first kappa shape index (κ1) is 14.7. The summed E-state index contributed by atoms with van der Waals surface area (Å²) in [5.41, 5.74) is 7.93. The number of nitrogens with one attached hydrogen (secondary N) is 1. The van der Waals surface area contributed by atoms with Gasteiger partial charge in [0.15, 0.2) is 0 Å². The summed E-state index contributed by atoms with van der Waals surface area (Å²) in [4.78, 5) is 6.94. The molecule has 0 aliphatic carbocycles. The second kappa shape index (κ2) is 6.29. The van der Waals surface area contributed by atoms with Crippen molar-refractivity contribution in [1.82, 2.24) is 14.3 Å². The summed E-state index contributed by atoms with van der Waals surface area (Å²) in [6.45, 7) is 5.36. The molecule has 1 aliphatic heterocycles. The highest BCUT2D eigenvalue weighted by Gasteiger charge is 2.20. The molecule has 0 aromatic carbocycles. The summed E-state index contributed by atoms with van der Waals surface area (Å²) in [6, 6.07) is 0. The zero-order chi connectivity index (χ0) is 14.8. The summed E-state index contributed by atoms with van der Waals surface area (Å²) in [7, 11) is 2.19. The van der Waals surface area contributed by atoms with Crippen molar-refractivity contribution < 1.29 is 0 Å². The van der Waals surface area contributed by atoms with E-state index in [4.69, 9.17) is 5.73 Å². The van der Waals surface area contributed by atoms with Crippen LogP contribution in [0.25, 0.3) is 11.3 Å². The van der Waals surface area contributed by atoms with E-state index in [0.29, 0.717) is 11.7 Å². The summed E-state index contributed by atoms with van der Waals surface area (Å²) in [5, 5.41) is 7.70. The number of nitrogens with zero attached hydrogens (tertiary/aromatic N) is 3. The third-order valence-corrected chi connectivity index (χ3v) is 5.46. The van der Waals surface area contributed by atoms with Crippen LogP contribution in [0.2, 0.25) is 0 Å². The molecule has 0 saturated carbocycles. The van der Waals surface area contributed by atoms with Gasteiger partial charge in [-0.05, 0) is 50.8 Å². The van der Waals surface area contributed by atoms with Crippen LogP contribution in [0.1, 0.15) is 17.8 Å². The Morgan fingerprint density at radius 3 is 3.10 bits per heavy atom. The van der Waals surface area contributed by atoms with Gasteiger partial charge in [0.1, 0.15) is 10.8 Å². The number of nitrogens with two attached hydrogens (primary N) is 1. The second-order valence-electron chi connectivity index (χ2n) is 5.68. The smallest absolute Gasteiger partial charge is 0.148 e. The summed E-state index contributed by atoms with van der Waals surface area (Å²) < 4.78 is 4.29. The van der Waals surface area contributed by atoms with Gasteiger partial charge < -0.3 is 16.0 Å². The predicted octanol–water partition coefficient (Wildman–Crippen LogP) is 2.91. The van der Waals surface area contributed by atoms with Gasteiger partial charge in [-0.25, -0.2) is 4.98 Å². The fourth-order valence-electron chi connectivity index (χ4n) is 2.83. The Hall–Kier alpha value is -1.18. The van der Waals surface area contributed by atoms with Gasteiger partial charge in [0, 0.05) is 18.5 Å². The maximum atomic E-state index is 6.03. The largest absolute Gasteiger partial charge is 0.382 e. The molecule has 5 nitrogen and oxygen atoms in total. The van der Waals surface area contributed by atoms with E-state index in [1.54, 1.807) is 11.3 Å². The molecule has 3 rings (SSSR count). The van der Waals surface area contributed by atoms with Crippen LogP contribution in [0.4, 0.5) is 10.8 Å². The van der Waals surface area contributed by atoms with Gasteiger partial charge in [-0.15, -0.1) is 11.3 Å². The standard InChI is InChI=1S/C14H21N5S2/c1-9-17-11(8-20-9)12-13(15)18-21-14(12)16-6-10-4-3-5-19(2)7-10/h8,10,16H,3-7H2,1-2H3,(H2,15,18). The van der Waals surface area contributed by atoms with Gasteiger partial charge in [0.05, 0.1) is 16.3 Å². The van der Waals surface area contributed by atoms with Gasteiger partial charge in [-0.1, -0.05) is 0 Å².